The zero-order valence-corrected chi connectivity index (χ0v) is 26.4. The van der Waals surface area contributed by atoms with Crippen LogP contribution in [0.25, 0.3) is 0 Å². The lowest BCUT2D eigenvalue weighted by Gasteiger charge is -2.23. The van der Waals surface area contributed by atoms with Crippen LogP contribution in [0.3, 0.4) is 0 Å². The van der Waals surface area contributed by atoms with Gasteiger partial charge in [0.05, 0.1) is 6.61 Å². The lowest BCUT2D eigenvalue weighted by atomic mass is 9.94. The van der Waals surface area contributed by atoms with Gasteiger partial charge >= 0.3 is 12.8 Å². The summed E-state index contributed by atoms with van der Waals surface area (Å²) in [7, 11) is 0. The number of carbonyl (C=O) groups is 1. The lowest BCUT2D eigenvalue weighted by Crippen LogP contribution is -2.38. The molecule has 224 valence electrons. The molecule has 0 saturated carbocycles. The third-order valence-corrected chi connectivity index (χ3v) is 8.80. The predicted octanol–water partition coefficient (Wildman–Crippen LogP) is 10.3. The van der Waals surface area contributed by atoms with E-state index < -0.39 is 18.9 Å². The molecule has 0 heterocycles. The van der Waals surface area contributed by atoms with Crippen LogP contribution in [0.1, 0.15) is 109 Å². The summed E-state index contributed by atoms with van der Waals surface area (Å²) in [4.78, 5) is 13.4. The molecule has 7 heteroatoms. The number of rotatable bonds is 23. The Hall–Kier alpha value is -1.81. The molecule has 0 aliphatic carbocycles. The van der Waals surface area contributed by atoms with E-state index in [4.69, 9.17) is 20.5 Å². The SMILES string of the molecule is CCCCCCCCC(CCCCCCCC)COC(=O)[C@H](Cc1ccccc1)NP(=O)(Cl)Oc1ccccc1. The average Bonchev–Trinajstić information content (AvgIpc) is 2.95. The highest BCUT2D eigenvalue weighted by atomic mass is 35.7. The third kappa shape index (κ3) is 15.8. The quantitative estimate of drug-likeness (QED) is 0.0791. The molecule has 2 atom stereocenters. The molecular weight excluding hydrogens is 541 g/mol. The first kappa shape index (κ1) is 34.4. The molecule has 1 unspecified atom stereocenters. The number of benzene rings is 2. The number of ether oxygens (including phenoxy) is 1. The maximum atomic E-state index is 13.4. The molecule has 0 amide bonds. The standard InChI is InChI=1S/C33H51ClNO4P/c1-3-5-7-9-11-15-23-30(24-16-12-10-8-6-4-2)28-38-33(36)32(27-29-21-17-13-18-22-29)35-40(34,37)39-31-25-19-14-20-26-31/h13-14,17-22,25-26,30,32H,3-12,15-16,23-24,27-28H2,1-2H3,(H,35,37)/t32-,40?/m0/s1. The van der Waals surface area contributed by atoms with Crippen molar-refractivity contribution in [2.24, 2.45) is 5.92 Å². The van der Waals surface area contributed by atoms with Crippen molar-refractivity contribution in [1.82, 2.24) is 5.09 Å². The summed E-state index contributed by atoms with van der Waals surface area (Å²) in [6, 6.07) is 17.5. The van der Waals surface area contributed by atoms with Crippen LogP contribution in [-0.2, 0) is 20.5 Å². The van der Waals surface area contributed by atoms with Crippen molar-refractivity contribution in [3.63, 3.8) is 0 Å². The normalized spacial score (nSPS) is 13.6. The van der Waals surface area contributed by atoms with Gasteiger partial charge in [-0.1, -0.05) is 139 Å². The number of halogens is 1. The topological polar surface area (TPSA) is 64.6 Å². The smallest absolute Gasteiger partial charge is 0.409 e. The van der Waals surface area contributed by atoms with E-state index in [0.717, 1.165) is 31.2 Å². The van der Waals surface area contributed by atoms with Gasteiger partial charge in [0.25, 0.3) is 0 Å². The van der Waals surface area contributed by atoms with Gasteiger partial charge in [0, 0.05) is 11.2 Å². The van der Waals surface area contributed by atoms with Gasteiger partial charge in [-0.2, -0.15) is 0 Å². The minimum Gasteiger partial charge on any atom is -0.464 e. The molecule has 2 rings (SSSR count). The summed E-state index contributed by atoms with van der Waals surface area (Å²) < 4.78 is 24.6. The molecule has 5 nitrogen and oxygen atoms in total. The third-order valence-electron chi connectivity index (χ3n) is 7.24. The van der Waals surface area contributed by atoms with Crippen molar-refractivity contribution >= 4 is 24.1 Å². The number of hydrogen-bond acceptors (Lipinski definition) is 4. The van der Waals surface area contributed by atoms with Crippen molar-refractivity contribution in [2.45, 2.75) is 116 Å². The molecule has 1 N–H and O–H groups in total. The number of para-hydroxylation sites is 1. The van der Waals surface area contributed by atoms with Crippen LogP contribution in [0.15, 0.2) is 60.7 Å². The largest absolute Gasteiger partial charge is 0.464 e. The number of esters is 1. The Morgan fingerprint density at radius 3 is 1.82 bits per heavy atom. The first-order valence-electron chi connectivity index (χ1n) is 15.5. The molecule has 0 aliphatic heterocycles. The van der Waals surface area contributed by atoms with Crippen molar-refractivity contribution in [3.8, 4) is 5.75 Å². The summed E-state index contributed by atoms with van der Waals surface area (Å²) in [5, 5.41) is 2.78. The number of hydrogen-bond donors (Lipinski definition) is 1. The Balaban J connectivity index is 1.99. The van der Waals surface area contributed by atoms with Gasteiger partial charge in [-0.25, -0.2) is 9.65 Å². The molecule has 40 heavy (non-hydrogen) atoms. The van der Waals surface area contributed by atoms with Gasteiger partial charge in [0.15, 0.2) is 0 Å². The predicted molar refractivity (Wildman–Crippen MR) is 168 cm³/mol. The first-order chi connectivity index (χ1) is 19.4. The van der Waals surface area contributed by atoms with Crippen molar-refractivity contribution in [2.75, 3.05) is 6.61 Å². The fourth-order valence-electron chi connectivity index (χ4n) is 4.90. The van der Waals surface area contributed by atoms with Crippen LogP contribution in [0.5, 0.6) is 5.75 Å². The average molecular weight is 592 g/mol. The van der Waals surface area contributed by atoms with Gasteiger partial charge in [0.2, 0.25) is 0 Å². The fraction of sp³-hybridized carbons (Fsp3) is 0.606. The summed E-state index contributed by atoms with van der Waals surface area (Å²) >= 11 is 6.29. The Kier molecular flexibility index (Phi) is 18.0. The van der Waals surface area contributed by atoms with Gasteiger partial charge in [-0.3, -0.25) is 4.79 Å². The maximum absolute atomic E-state index is 13.4. The van der Waals surface area contributed by atoms with Gasteiger partial charge < -0.3 is 9.26 Å². The van der Waals surface area contributed by atoms with E-state index in [2.05, 4.69) is 18.9 Å². The zero-order chi connectivity index (χ0) is 28.9. The second-order valence-corrected chi connectivity index (χ2v) is 13.6. The highest BCUT2D eigenvalue weighted by Crippen LogP contribution is 2.48. The van der Waals surface area contributed by atoms with Crippen LogP contribution in [-0.4, -0.2) is 18.6 Å². The van der Waals surface area contributed by atoms with E-state index in [1.165, 1.54) is 64.2 Å². The molecule has 0 radical (unpaired) electrons. The molecule has 2 aromatic carbocycles. The molecule has 0 saturated heterocycles. The Bertz CT molecular complexity index is 943. The van der Waals surface area contributed by atoms with Gasteiger partial charge in [0.1, 0.15) is 11.8 Å². The van der Waals surface area contributed by atoms with Gasteiger partial charge in [-0.15, -0.1) is 0 Å². The van der Waals surface area contributed by atoms with Crippen LogP contribution < -0.4 is 9.61 Å². The zero-order valence-electron chi connectivity index (χ0n) is 24.7. The maximum Gasteiger partial charge on any atom is 0.409 e. The van der Waals surface area contributed by atoms with Crippen molar-refractivity contribution in [1.29, 1.82) is 0 Å². The highest BCUT2D eigenvalue weighted by molar-refractivity contribution is 7.84. The monoisotopic (exact) mass is 591 g/mol. The van der Waals surface area contributed by atoms with E-state index in [1.807, 2.05) is 36.4 Å². The summed E-state index contributed by atoms with van der Waals surface area (Å²) in [5.41, 5.74) is 0.920. The summed E-state index contributed by atoms with van der Waals surface area (Å²) in [5.74, 6) is 0.262. The molecule has 0 aliphatic rings. The Morgan fingerprint density at radius 2 is 1.27 bits per heavy atom. The van der Waals surface area contributed by atoms with Crippen molar-refractivity contribution < 1.29 is 18.6 Å². The van der Waals surface area contributed by atoms with Gasteiger partial charge in [-0.05, 0) is 42.9 Å². The minimum atomic E-state index is -3.85. The number of unbranched alkanes of at least 4 members (excludes halogenated alkanes) is 10. The second-order valence-electron chi connectivity index (χ2n) is 10.9. The lowest BCUT2D eigenvalue weighted by molar-refractivity contribution is -0.147. The summed E-state index contributed by atoms with van der Waals surface area (Å²) in [6.07, 6.45) is 17.4. The fourth-order valence-corrected chi connectivity index (χ4v) is 6.51. The molecular formula is C33H51ClNO4P. The van der Waals surface area contributed by atoms with E-state index in [1.54, 1.807) is 24.3 Å². The number of nitrogens with one attached hydrogen (secondary N) is 1. The Morgan fingerprint density at radius 1 is 0.775 bits per heavy atom. The molecule has 0 spiro atoms. The Labute approximate surface area is 248 Å². The van der Waals surface area contributed by atoms with Crippen LogP contribution in [0.4, 0.5) is 0 Å². The molecule has 0 fully saturated rings. The minimum absolute atomic E-state index is 0.300. The van der Waals surface area contributed by atoms with Crippen molar-refractivity contribution in [3.05, 3.63) is 66.2 Å². The van der Waals surface area contributed by atoms with E-state index in [-0.39, 0.29) is 0 Å². The first-order valence-corrected chi connectivity index (χ1v) is 18.0. The van der Waals surface area contributed by atoms with Crippen LogP contribution in [0, 0.1) is 5.92 Å². The highest BCUT2D eigenvalue weighted by Gasteiger charge is 2.31. The van der Waals surface area contributed by atoms with Crippen LogP contribution in [0.2, 0.25) is 0 Å². The summed E-state index contributed by atoms with van der Waals surface area (Å²) in [6.45, 7) is 1.00. The van der Waals surface area contributed by atoms with E-state index >= 15 is 0 Å². The molecule has 0 aromatic heterocycles. The number of carbonyl (C=O) groups excluding carboxylic acids is 1. The van der Waals surface area contributed by atoms with E-state index in [9.17, 15) is 9.36 Å². The second kappa shape index (κ2) is 21.0. The molecule has 0 bridgehead atoms. The van der Waals surface area contributed by atoms with E-state index in [0.29, 0.717) is 24.7 Å². The molecule has 2 aromatic rings. The van der Waals surface area contributed by atoms with Crippen LogP contribution >= 0.6 is 18.1 Å².